The van der Waals surface area contributed by atoms with Crippen LogP contribution in [0.5, 0.6) is 0 Å². The number of fused-ring (bicyclic) bond motifs is 2. The molecular formula is C29H25FN4O3. The van der Waals surface area contributed by atoms with Gasteiger partial charge in [0, 0.05) is 24.1 Å². The van der Waals surface area contributed by atoms with Gasteiger partial charge in [0.05, 0.1) is 41.7 Å². The van der Waals surface area contributed by atoms with Gasteiger partial charge in [-0.15, -0.1) is 0 Å². The van der Waals surface area contributed by atoms with Crippen LogP contribution in [-0.4, -0.2) is 24.8 Å². The lowest BCUT2D eigenvalue weighted by molar-refractivity contribution is -0.137. The highest BCUT2D eigenvalue weighted by molar-refractivity contribution is 5.88. The Bertz CT molecular complexity index is 1790. The molecule has 0 radical (unpaired) electrons. The van der Waals surface area contributed by atoms with E-state index in [2.05, 4.69) is 25.1 Å². The van der Waals surface area contributed by atoms with E-state index in [0.717, 1.165) is 27.6 Å². The van der Waals surface area contributed by atoms with Gasteiger partial charge >= 0.3 is 11.7 Å². The highest BCUT2D eigenvalue weighted by Gasteiger charge is 2.25. The standard InChI is InChI=1S/C29H25FN4O3/c1-17-4-10-24-28(18(17)2)21(15-32(24)3)16-33-23-11-5-19(14-31)12-26(23)34(29(33)37)25(13-27(35)36)20-6-8-22(30)9-7-20/h4-12,15,25H,13,16H2,1-3H3,(H,35,36)/t25-/m1/s1. The van der Waals surface area contributed by atoms with E-state index in [0.29, 0.717) is 22.2 Å². The molecule has 0 saturated carbocycles. The van der Waals surface area contributed by atoms with Gasteiger partial charge in [-0.2, -0.15) is 5.26 Å². The molecule has 0 saturated heterocycles. The first kappa shape index (κ1) is 24.1. The van der Waals surface area contributed by atoms with Gasteiger partial charge in [-0.25, -0.2) is 9.18 Å². The lowest BCUT2D eigenvalue weighted by atomic mass is 10.0. The molecule has 1 atom stereocenters. The zero-order valence-corrected chi connectivity index (χ0v) is 20.7. The van der Waals surface area contributed by atoms with Gasteiger partial charge in [0.25, 0.3) is 0 Å². The maximum Gasteiger partial charge on any atom is 0.330 e. The summed E-state index contributed by atoms with van der Waals surface area (Å²) < 4.78 is 18.7. The van der Waals surface area contributed by atoms with Crippen molar-refractivity contribution >= 4 is 27.9 Å². The minimum absolute atomic E-state index is 0.263. The van der Waals surface area contributed by atoms with Crippen molar-refractivity contribution in [2.24, 2.45) is 7.05 Å². The topological polar surface area (TPSA) is 93.0 Å². The number of carbonyl (C=O) groups is 1. The number of carboxylic acids is 1. The SMILES string of the molecule is Cc1ccc2c(c(Cn3c(=O)n([C@H](CC(=O)O)c4ccc(F)cc4)c4cc(C#N)ccc43)cn2C)c1C. The molecule has 5 aromatic rings. The second-order valence-electron chi connectivity index (χ2n) is 9.39. The normalized spacial score (nSPS) is 12.2. The molecule has 0 aliphatic heterocycles. The molecule has 8 heteroatoms. The molecule has 0 aliphatic rings. The van der Waals surface area contributed by atoms with Crippen LogP contribution in [0.4, 0.5) is 4.39 Å². The smallest absolute Gasteiger partial charge is 0.330 e. The van der Waals surface area contributed by atoms with Crippen molar-refractivity contribution in [3.8, 4) is 6.07 Å². The second kappa shape index (κ2) is 9.10. The summed E-state index contributed by atoms with van der Waals surface area (Å²) in [6.45, 7) is 4.37. The van der Waals surface area contributed by atoms with Crippen LogP contribution < -0.4 is 5.69 Å². The van der Waals surface area contributed by atoms with Crippen molar-refractivity contribution in [3.05, 3.63) is 105 Å². The fourth-order valence-electron chi connectivity index (χ4n) is 5.17. The van der Waals surface area contributed by atoms with E-state index in [9.17, 15) is 24.3 Å². The molecule has 0 amide bonds. The van der Waals surface area contributed by atoms with Crippen LogP contribution in [-0.2, 0) is 18.4 Å². The molecule has 0 aliphatic carbocycles. The Kier molecular flexibility index (Phi) is 5.92. The van der Waals surface area contributed by atoms with E-state index >= 15 is 0 Å². The molecule has 186 valence electrons. The van der Waals surface area contributed by atoms with Crippen LogP contribution in [0, 0.1) is 31.0 Å². The average Bonchev–Trinajstić information content (AvgIpc) is 3.33. The number of nitrogens with zero attached hydrogens (tertiary/aromatic N) is 4. The fourth-order valence-corrected chi connectivity index (χ4v) is 5.17. The lowest BCUT2D eigenvalue weighted by Crippen LogP contribution is -2.29. The predicted molar refractivity (Wildman–Crippen MR) is 139 cm³/mol. The van der Waals surface area contributed by atoms with Gasteiger partial charge in [-0.05, 0) is 72.5 Å². The lowest BCUT2D eigenvalue weighted by Gasteiger charge is -2.17. The van der Waals surface area contributed by atoms with E-state index in [1.165, 1.54) is 28.8 Å². The van der Waals surface area contributed by atoms with Crippen molar-refractivity contribution in [3.63, 3.8) is 0 Å². The van der Waals surface area contributed by atoms with Crippen LogP contribution in [0.3, 0.4) is 0 Å². The van der Waals surface area contributed by atoms with Crippen molar-refractivity contribution in [1.29, 1.82) is 5.26 Å². The third kappa shape index (κ3) is 4.08. The van der Waals surface area contributed by atoms with Crippen LogP contribution in [0.2, 0.25) is 0 Å². The summed E-state index contributed by atoms with van der Waals surface area (Å²) in [5, 5.41) is 20.3. The second-order valence-corrected chi connectivity index (χ2v) is 9.39. The molecule has 7 nitrogen and oxygen atoms in total. The number of halogens is 1. The number of benzene rings is 3. The van der Waals surface area contributed by atoms with Crippen LogP contribution in [0.1, 0.15) is 40.3 Å². The van der Waals surface area contributed by atoms with Gasteiger partial charge in [0.1, 0.15) is 5.82 Å². The minimum atomic E-state index is -1.10. The van der Waals surface area contributed by atoms with Gasteiger partial charge in [0.2, 0.25) is 0 Å². The number of nitriles is 1. The third-order valence-corrected chi connectivity index (χ3v) is 7.12. The quantitative estimate of drug-likeness (QED) is 0.357. The molecule has 1 N–H and O–H groups in total. The molecule has 0 unspecified atom stereocenters. The van der Waals surface area contributed by atoms with E-state index in [4.69, 9.17) is 0 Å². The fraction of sp³-hybridized carbons (Fsp3) is 0.207. The van der Waals surface area contributed by atoms with Crippen molar-refractivity contribution in [2.45, 2.75) is 32.9 Å². The maximum absolute atomic E-state index is 14.0. The summed E-state index contributed by atoms with van der Waals surface area (Å²) in [5.41, 5.74) is 5.77. The van der Waals surface area contributed by atoms with Gasteiger partial charge in [-0.3, -0.25) is 13.9 Å². The molecule has 0 bridgehead atoms. The monoisotopic (exact) mass is 496 g/mol. The average molecular weight is 497 g/mol. The number of carboxylic acid groups (broad SMARTS) is 1. The number of aromatic nitrogens is 3. The highest BCUT2D eigenvalue weighted by atomic mass is 19.1. The summed E-state index contributed by atoms with van der Waals surface area (Å²) in [6, 6.07) is 15.8. The van der Waals surface area contributed by atoms with E-state index in [1.807, 2.05) is 24.7 Å². The van der Waals surface area contributed by atoms with Crippen LogP contribution in [0.25, 0.3) is 21.9 Å². The Labute approximate surface area is 212 Å². The van der Waals surface area contributed by atoms with Crippen LogP contribution >= 0.6 is 0 Å². The Morgan fingerprint density at radius 2 is 1.76 bits per heavy atom. The first-order valence-corrected chi connectivity index (χ1v) is 11.9. The third-order valence-electron chi connectivity index (χ3n) is 7.12. The highest BCUT2D eigenvalue weighted by Crippen LogP contribution is 2.30. The van der Waals surface area contributed by atoms with Crippen LogP contribution in [0.15, 0.2) is 65.6 Å². The zero-order valence-electron chi connectivity index (χ0n) is 20.7. The predicted octanol–water partition coefficient (Wildman–Crippen LogP) is 5.03. The van der Waals surface area contributed by atoms with Crippen molar-refractivity contribution in [1.82, 2.24) is 13.7 Å². The number of hydrogen-bond acceptors (Lipinski definition) is 3. The summed E-state index contributed by atoms with van der Waals surface area (Å²) in [7, 11) is 1.96. The number of imidazole rings is 1. The number of aliphatic carboxylic acids is 1. The summed E-state index contributed by atoms with van der Waals surface area (Å²) in [4.78, 5) is 25.9. The first-order chi connectivity index (χ1) is 17.7. The molecular weight excluding hydrogens is 471 g/mol. The minimum Gasteiger partial charge on any atom is -0.481 e. The van der Waals surface area contributed by atoms with Crippen molar-refractivity contribution < 1.29 is 14.3 Å². The zero-order chi connectivity index (χ0) is 26.4. The number of rotatable bonds is 6. The Morgan fingerprint density at radius 1 is 1.05 bits per heavy atom. The Hall–Kier alpha value is -4.64. The summed E-state index contributed by atoms with van der Waals surface area (Å²) in [5.74, 6) is -1.56. The Balaban J connectivity index is 1.77. The first-order valence-electron chi connectivity index (χ1n) is 11.9. The van der Waals surface area contributed by atoms with Gasteiger partial charge in [0.15, 0.2) is 0 Å². The van der Waals surface area contributed by atoms with Gasteiger partial charge in [-0.1, -0.05) is 18.2 Å². The van der Waals surface area contributed by atoms with E-state index in [-0.39, 0.29) is 13.0 Å². The molecule has 2 aromatic heterocycles. The largest absolute Gasteiger partial charge is 0.481 e. The molecule has 3 aromatic carbocycles. The summed E-state index contributed by atoms with van der Waals surface area (Å²) >= 11 is 0. The Morgan fingerprint density at radius 3 is 2.43 bits per heavy atom. The van der Waals surface area contributed by atoms with Crippen molar-refractivity contribution in [2.75, 3.05) is 0 Å². The van der Waals surface area contributed by atoms with E-state index in [1.54, 1.807) is 22.8 Å². The number of aryl methyl sites for hydroxylation is 3. The summed E-state index contributed by atoms with van der Waals surface area (Å²) in [6.07, 6.45) is 1.62. The maximum atomic E-state index is 14.0. The molecule has 0 fully saturated rings. The number of hydrogen-bond donors (Lipinski definition) is 1. The molecule has 37 heavy (non-hydrogen) atoms. The van der Waals surface area contributed by atoms with E-state index < -0.39 is 23.5 Å². The van der Waals surface area contributed by atoms with Gasteiger partial charge < -0.3 is 9.67 Å². The molecule has 0 spiro atoms. The molecule has 2 heterocycles. The molecule has 5 rings (SSSR count).